The van der Waals surface area contributed by atoms with Crippen LogP contribution in [0.4, 0.5) is 0 Å². The molecule has 0 rings (SSSR count). The maximum absolute atomic E-state index is 9.02. The molecular weight excluding hydrogens is 381 g/mol. The van der Waals surface area contributed by atoms with Crippen molar-refractivity contribution in [2.75, 3.05) is 6.61 Å². The third-order valence-electron chi connectivity index (χ3n) is 1.42. The van der Waals surface area contributed by atoms with E-state index in [9.17, 15) is 0 Å². The molecule has 7 heteroatoms. The Morgan fingerprint density at radius 3 is 1.85 bits per heavy atom. The van der Waals surface area contributed by atoms with Gasteiger partial charge in [-0.15, -0.1) is 0 Å². The molecule has 0 aromatic carbocycles. The molecule has 5 nitrogen and oxygen atoms in total. The van der Waals surface area contributed by atoms with E-state index in [1.165, 1.54) is 0 Å². The second-order valence-electron chi connectivity index (χ2n) is 2.36. The van der Waals surface area contributed by atoms with Gasteiger partial charge in [0, 0.05) is 27.7 Å². The molecule has 4 atom stereocenters. The van der Waals surface area contributed by atoms with E-state index in [1.54, 1.807) is 0 Å². The second kappa shape index (κ2) is 7.98. The number of thiocarbonyl (C=S) groups is 1. The Morgan fingerprint density at radius 2 is 1.54 bits per heavy atom. The number of aliphatic hydroxyl groups excluding tert-OH is 5. The fourth-order valence-electron chi connectivity index (χ4n) is 0.618. The van der Waals surface area contributed by atoms with Crippen LogP contribution in [0.1, 0.15) is 0 Å². The largest absolute Gasteiger partial charge is 0.394 e. The van der Waals surface area contributed by atoms with E-state index in [0.717, 1.165) is 5.37 Å². The molecule has 0 aliphatic rings. The van der Waals surface area contributed by atoms with Crippen molar-refractivity contribution in [2.24, 2.45) is 0 Å². The van der Waals surface area contributed by atoms with Gasteiger partial charge in [-0.2, -0.15) is 0 Å². The molecule has 0 aliphatic heterocycles. The summed E-state index contributed by atoms with van der Waals surface area (Å²) in [4.78, 5) is 0. The van der Waals surface area contributed by atoms with Crippen LogP contribution in [0.25, 0.3) is 0 Å². The van der Waals surface area contributed by atoms with Crippen LogP contribution in [0.5, 0.6) is 0 Å². The predicted octanol–water partition coefficient (Wildman–Crippen LogP) is -2.58. The number of hydrogen-bond donors (Lipinski definition) is 5. The smallest absolute Gasteiger partial charge is 0.113 e. The van der Waals surface area contributed by atoms with Crippen molar-refractivity contribution in [3.8, 4) is 0 Å². The summed E-state index contributed by atoms with van der Waals surface area (Å²) in [6.45, 7) is -0.692. The standard InChI is InChI=1S/C6H12O5S.Au/c7-1-3(8)5(10)6(11)4(9)2-12;/h2-11H,1H2;/t3-,4+,5+,6-;/m1./s1. The summed E-state index contributed by atoms with van der Waals surface area (Å²) < 4.78 is 0. The van der Waals surface area contributed by atoms with Crippen LogP contribution >= 0.6 is 12.2 Å². The molecular formula is C6H12AuO5S. The Bertz CT molecular complexity index is 147. The SMILES string of the molecule is OC[C@@H](O)[C@H](O)[C@H](O)[C@@H](O)C=S.[Au]. The molecule has 0 unspecified atom stereocenters. The van der Waals surface area contributed by atoms with Crippen molar-refractivity contribution in [2.45, 2.75) is 24.4 Å². The molecule has 0 heterocycles. The summed E-state index contributed by atoms with van der Waals surface area (Å²) in [5.41, 5.74) is 0. The molecule has 13 heavy (non-hydrogen) atoms. The molecule has 0 bridgehead atoms. The van der Waals surface area contributed by atoms with E-state index in [4.69, 9.17) is 25.5 Å². The van der Waals surface area contributed by atoms with Gasteiger partial charge in [0.25, 0.3) is 0 Å². The van der Waals surface area contributed by atoms with Crippen LogP contribution < -0.4 is 0 Å². The molecule has 0 aromatic rings. The molecule has 1 radical (unpaired) electrons. The Morgan fingerprint density at radius 1 is 1.08 bits per heavy atom. The molecule has 83 valence electrons. The molecule has 0 spiro atoms. The molecule has 5 N–H and O–H groups in total. The zero-order valence-electron chi connectivity index (χ0n) is 6.54. The van der Waals surface area contributed by atoms with Crippen molar-refractivity contribution in [3.63, 3.8) is 0 Å². The summed E-state index contributed by atoms with van der Waals surface area (Å²) in [5.74, 6) is 0. The molecule has 0 saturated heterocycles. The second-order valence-corrected chi connectivity index (χ2v) is 2.63. The first kappa shape index (κ1) is 16.1. The van der Waals surface area contributed by atoms with Gasteiger partial charge < -0.3 is 25.5 Å². The Labute approximate surface area is 96.5 Å². The van der Waals surface area contributed by atoms with Gasteiger partial charge in [-0.05, 0) is 0 Å². The number of rotatable bonds is 5. The van der Waals surface area contributed by atoms with E-state index in [1.807, 2.05) is 0 Å². The quantitative estimate of drug-likeness (QED) is 0.260. The van der Waals surface area contributed by atoms with Crippen LogP contribution in [0, 0.1) is 0 Å². The van der Waals surface area contributed by atoms with Gasteiger partial charge in [-0.3, -0.25) is 0 Å². The fourth-order valence-corrected chi connectivity index (χ4v) is 0.779. The molecule has 0 aliphatic carbocycles. The van der Waals surface area contributed by atoms with Crippen molar-refractivity contribution in [1.82, 2.24) is 0 Å². The topological polar surface area (TPSA) is 101 Å². The zero-order chi connectivity index (χ0) is 9.72. The van der Waals surface area contributed by atoms with Crippen molar-refractivity contribution < 1.29 is 47.9 Å². The van der Waals surface area contributed by atoms with Gasteiger partial charge in [-0.25, -0.2) is 0 Å². The number of hydrogen-bond acceptors (Lipinski definition) is 6. The summed E-state index contributed by atoms with van der Waals surface area (Å²) in [5, 5.41) is 44.9. The van der Waals surface area contributed by atoms with E-state index < -0.39 is 31.0 Å². The minimum absolute atomic E-state index is 0. The van der Waals surface area contributed by atoms with E-state index in [-0.39, 0.29) is 22.4 Å². The Balaban J connectivity index is 0. The van der Waals surface area contributed by atoms with E-state index >= 15 is 0 Å². The first-order chi connectivity index (χ1) is 5.54. The normalized spacial score (nSPS) is 19.5. The van der Waals surface area contributed by atoms with Crippen LogP contribution in [0.2, 0.25) is 0 Å². The third kappa shape index (κ3) is 5.16. The Hall–Kier alpha value is 0.630. The molecule has 0 aromatic heterocycles. The number of aliphatic hydroxyl groups is 5. The third-order valence-corrected chi connectivity index (χ3v) is 1.70. The summed E-state index contributed by atoms with van der Waals surface area (Å²) in [6, 6.07) is 0. The van der Waals surface area contributed by atoms with Crippen molar-refractivity contribution >= 4 is 17.6 Å². The summed E-state index contributed by atoms with van der Waals surface area (Å²) >= 11 is 4.30. The van der Waals surface area contributed by atoms with Crippen LogP contribution in [-0.2, 0) is 22.4 Å². The first-order valence-electron chi connectivity index (χ1n) is 3.33. The van der Waals surface area contributed by atoms with Crippen LogP contribution in [-0.4, -0.2) is 61.9 Å². The fraction of sp³-hybridized carbons (Fsp3) is 0.833. The monoisotopic (exact) mass is 393 g/mol. The van der Waals surface area contributed by atoms with Gasteiger partial charge >= 0.3 is 0 Å². The van der Waals surface area contributed by atoms with Crippen molar-refractivity contribution in [1.29, 1.82) is 0 Å². The minimum atomic E-state index is -1.61. The van der Waals surface area contributed by atoms with Gasteiger partial charge in [0.05, 0.1) is 6.61 Å². The molecule has 0 saturated carbocycles. The van der Waals surface area contributed by atoms with E-state index in [0.29, 0.717) is 0 Å². The zero-order valence-corrected chi connectivity index (χ0v) is 9.52. The van der Waals surface area contributed by atoms with Gasteiger partial charge in [0.1, 0.15) is 24.4 Å². The van der Waals surface area contributed by atoms with Gasteiger partial charge in [-0.1, -0.05) is 12.2 Å². The maximum atomic E-state index is 9.02. The van der Waals surface area contributed by atoms with E-state index in [2.05, 4.69) is 12.2 Å². The van der Waals surface area contributed by atoms with Crippen LogP contribution in [0.15, 0.2) is 0 Å². The average Bonchev–Trinajstić information content (AvgIpc) is 2.12. The molecule has 0 fully saturated rings. The summed E-state index contributed by atoms with van der Waals surface area (Å²) in [6.07, 6.45) is -6.06. The van der Waals surface area contributed by atoms with Gasteiger partial charge in [0.15, 0.2) is 0 Å². The summed E-state index contributed by atoms with van der Waals surface area (Å²) in [7, 11) is 0. The average molecular weight is 393 g/mol. The minimum Gasteiger partial charge on any atom is -0.394 e. The van der Waals surface area contributed by atoms with Crippen LogP contribution in [0.3, 0.4) is 0 Å². The van der Waals surface area contributed by atoms with Crippen molar-refractivity contribution in [3.05, 3.63) is 0 Å². The Kier molecular flexibility index (Phi) is 9.87. The first-order valence-corrected chi connectivity index (χ1v) is 3.80. The molecule has 0 amide bonds. The predicted molar refractivity (Wildman–Crippen MR) is 44.8 cm³/mol. The van der Waals surface area contributed by atoms with Gasteiger partial charge in [0.2, 0.25) is 0 Å². The maximum Gasteiger partial charge on any atom is 0.113 e.